The highest BCUT2D eigenvalue weighted by Crippen LogP contribution is 2.29. The molecule has 0 amide bonds. The van der Waals surface area contributed by atoms with E-state index in [0.717, 1.165) is 67.3 Å². The predicted molar refractivity (Wildman–Crippen MR) is 144 cm³/mol. The third kappa shape index (κ3) is 6.76. The lowest BCUT2D eigenvalue weighted by atomic mass is 9.90. The molecule has 3 aromatic rings. The minimum Gasteiger partial charge on any atom is -0.493 e. The number of hydrogen-bond donors (Lipinski definition) is 0. The minimum absolute atomic E-state index is 0.743. The Morgan fingerprint density at radius 3 is 2.41 bits per heavy atom. The van der Waals surface area contributed by atoms with E-state index in [1.807, 2.05) is 36.2 Å². The average Bonchev–Trinajstić information content (AvgIpc) is 3.34. The number of halogens is 1. The van der Waals surface area contributed by atoms with Crippen LogP contribution in [0.25, 0.3) is 11.3 Å². The van der Waals surface area contributed by atoms with Crippen molar-refractivity contribution in [1.82, 2.24) is 14.2 Å². The summed E-state index contributed by atoms with van der Waals surface area (Å²) in [6.45, 7) is 6.02. The molecule has 1 saturated heterocycles. The van der Waals surface area contributed by atoms with Crippen molar-refractivity contribution < 1.29 is 4.74 Å². The number of nitrogens with zero attached hydrogens (tertiary/aromatic N) is 3. The Hall–Kier alpha value is -1.57. The zero-order chi connectivity index (χ0) is 23.2. The number of benzene rings is 2. The summed E-state index contributed by atoms with van der Waals surface area (Å²) in [5, 5.41) is 4.08. The SMILES string of the molecule is Clc1ccc(-c2csc(CN3CCN(Sc4ccc(OCC5CCCCC5)cc4)CC3)n2)cc1. The Bertz CT molecular complexity index is 1030. The number of aromatic nitrogens is 1. The number of thiazole rings is 1. The molecule has 1 aliphatic carbocycles. The van der Waals surface area contributed by atoms with E-state index in [1.165, 1.54) is 42.0 Å². The Morgan fingerprint density at radius 2 is 1.68 bits per heavy atom. The molecular weight excluding hydrogens is 482 g/mol. The van der Waals surface area contributed by atoms with Crippen molar-refractivity contribution in [3.8, 4) is 17.0 Å². The van der Waals surface area contributed by atoms with Gasteiger partial charge < -0.3 is 4.74 Å². The third-order valence-electron chi connectivity index (χ3n) is 6.65. The number of ether oxygens (including phenoxy) is 1. The Morgan fingerprint density at radius 1 is 0.941 bits per heavy atom. The van der Waals surface area contributed by atoms with Crippen LogP contribution in [0.4, 0.5) is 0 Å². The summed E-state index contributed by atoms with van der Waals surface area (Å²) in [6, 6.07) is 16.6. The maximum absolute atomic E-state index is 6.06. The van der Waals surface area contributed by atoms with Gasteiger partial charge >= 0.3 is 0 Å². The molecule has 5 rings (SSSR count). The molecule has 2 aliphatic rings. The van der Waals surface area contributed by atoms with E-state index in [1.54, 1.807) is 11.3 Å². The van der Waals surface area contributed by atoms with Gasteiger partial charge in [-0.2, -0.15) is 0 Å². The highest BCUT2D eigenvalue weighted by molar-refractivity contribution is 7.97. The summed E-state index contributed by atoms with van der Waals surface area (Å²) in [6.07, 6.45) is 6.78. The minimum atomic E-state index is 0.743. The standard InChI is InChI=1S/C27H32ClN3OS2/c28-23-8-6-22(7-9-23)26-20-33-27(29-26)18-30-14-16-31(17-15-30)34-25-12-10-24(11-13-25)32-19-21-4-2-1-3-5-21/h6-13,20-21H,1-5,14-19H2. The largest absolute Gasteiger partial charge is 0.493 e. The van der Waals surface area contributed by atoms with E-state index in [-0.39, 0.29) is 0 Å². The Kier molecular flexibility index (Phi) is 8.46. The molecule has 0 N–H and O–H groups in total. The second kappa shape index (κ2) is 11.9. The highest BCUT2D eigenvalue weighted by Gasteiger charge is 2.19. The summed E-state index contributed by atoms with van der Waals surface area (Å²) in [4.78, 5) is 8.63. The van der Waals surface area contributed by atoms with E-state index in [9.17, 15) is 0 Å². The summed E-state index contributed by atoms with van der Waals surface area (Å²) in [7, 11) is 0. The number of piperazine rings is 1. The summed E-state index contributed by atoms with van der Waals surface area (Å²) >= 11 is 9.61. The van der Waals surface area contributed by atoms with Crippen LogP contribution in [0.2, 0.25) is 5.02 Å². The van der Waals surface area contributed by atoms with Crippen molar-refractivity contribution in [3.63, 3.8) is 0 Å². The summed E-state index contributed by atoms with van der Waals surface area (Å²) in [5.41, 5.74) is 2.16. The monoisotopic (exact) mass is 513 g/mol. The second-order valence-electron chi connectivity index (χ2n) is 9.22. The average molecular weight is 514 g/mol. The second-order valence-corrected chi connectivity index (χ2v) is 11.8. The molecule has 180 valence electrons. The quantitative estimate of drug-likeness (QED) is 0.296. The molecule has 4 nitrogen and oxygen atoms in total. The van der Waals surface area contributed by atoms with E-state index in [4.69, 9.17) is 21.3 Å². The zero-order valence-electron chi connectivity index (χ0n) is 19.5. The van der Waals surface area contributed by atoms with Crippen LogP contribution in [0.3, 0.4) is 0 Å². The van der Waals surface area contributed by atoms with Crippen LogP contribution in [0.5, 0.6) is 5.75 Å². The molecule has 0 bridgehead atoms. The molecule has 1 aliphatic heterocycles. The fourth-order valence-corrected chi connectivity index (χ4v) is 6.49. The molecule has 34 heavy (non-hydrogen) atoms. The number of hydrogen-bond acceptors (Lipinski definition) is 6. The van der Waals surface area contributed by atoms with E-state index in [2.05, 4.69) is 38.9 Å². The first-order valence-corrected chi connectivity index (χ1v) is 14.3. The molecule has 1 saturated carbocycles. The molecule has 2 fully saturated rings. The van der Waals surface area contributed by atoms with Gasteiger partial charge in [0, 0.05) is 47.0 Å². The Balaban J connectivity index is 1.05. The van der Waals surface area contributed by atoms with Gasteiger partial charge in [0.05, 0.1) is 18.8 Å². The van der Waals surface area contributed by atoms with E-state index >= 15 is 0 Å². The molecule has 0 spiro atoms. The molecule has 2 heterocycles. The summed E-state index contributed by atoms with van der Waals surface area (Å²) in [5.74, 6) is 1.74. The van der Waals surface area contributed by atoms with Gasteiger partial charge in [0.1, 0.15) is 10.8 Å². The first-order valence-electron chi connectivity index (χ1n) is 12.3. The molecule has 0 unspecified atom stereocenters. The number of rotatable bonds is 8. The first kappa shape index (κ1) is 24.1. The van der Waals surface area contributed by atoms with Crippen molar-refractivity contribution in [1.29, 1.82) is 0 Å². The lowest BCUT2D eigenvalue weighted by Gasteiger charge is -2.33. The first-order chi connectivity index (χ1) is 16.7. The van der Waals surface area contributed by atoms with Crippen molar-refractivity contribution in [2.75, 3.05) is 32.8 Å². The molecular formula is C27H32ClN3OS2. The van der Waals surface area contributed by atoms with Gasteiger partial charge in [-0.15, -0.1) is 11.3 Å². The van der Waals surface area contributed by atoms with E-state index in [0.29, 0.717) is 0 Å². The van der Waals surface area contributed by atoms with Gasteiger partial charge in [-0.1, -0.05) is 43.0 Å². The molecule has 0 radical (unpaired) electrons. The maximum atomic E-state index is 6.06. The Labute approximate surface area is 216 Å². The molecule has 0 atom stereocenters. The molecule has 2 aromatic carbocycles. The van der Waals surface area contributed by atoms with Crippen LogP contribution in [-0.4, -0.2) is 47.0 Å². The van der Waals surface area contributed by atoms with Crippen LogP contribution in [0, 0.1) is 5.92 Å². The molecule has 1 aromatic heterocycles. The molecule has 7 heteroatoms. The van der Waals surface area contributed by atoms with Crippen LogP contribution < -0.4 is 4.74 Å². The van der Waals surface area contributed by atoms with Gasteiger partial charge in [0.2, 0.25) is 0 Å². The van der Waals surface area contributed by atoms with Gasteiger partial charge in [-0.25, -0.2) is 9.29 Å². The van der Waals surface area contributed by atoms with Gasteiger partial charge in [-0.05, 0) is 67.1 Å². The van der Waals surface area contributed by atoms with Crippen molar-refractivity contribution in [3.05, 3.63) is 63.9 Å². The third-order valence-corrected chi connectivity index (χ3v) is 8.84. The van der Waals surface area contributed by atoms with Crippen LogP contribution in [0.15, 0.2) is 58.8 Å². The fourth-order valence-electron chi connectivity index (χ4n) is 4.62. The van der Waals surface area contributed by atoms with Crippen LogP contribution in [0.1, 0.15) is 37.1 Å². The van der Waals surface area contributed by atoms with Gasteiger partial charge in [0.25, 0.3) is 0 Å². The lowest BCUT2D eigenvalue weighted by molar-refractivity contribution is 0.189. The predicted octanol–water partition coefficient (Wildman–Crippen LogP) is 7.25. The van der Waals surface area contributed by atoms with Crippen molar-refractivity contribution >= 4 is 34.9 Å². The van der Waals surface area contributed by atoms with E-state index < -0.39 is 0 Å². The summed E-state index contributed by atoms with van der Waals surface area (Å²) < 4.78 is 8.52. The van der Waals surface area contributed by atoms with Crippen molar-refractivity contribution in [2.24, 2.45) is 5.92 Å². The van der Waals surface area contributed by atoms with Gasteiger partial charge in [-0.3, -0.25) is 4.90 Å². The normalized spacial score (nSPS) is 18.3. The van der Waals surface area contributed by atoms with Crippen molar-refractivity contribution in [2.45, 2.75) is 43.5 Å². The fraction of sp³-hybridized carbons (Fsp3) is 0.444. The highest BCUT2D eigenvalue weighted by atomic mass is 35.5. The van der Waals surface area contributed by atoms with Crippen LogP contribution >= 0.6 is 34.9 Å². The topological polar surface area (TPSA) is 28.6 Å². The van der Waals surface area contributed by atoms with Gasteiger partial charge in [0.15, 0.2) is 0 Å². The zero-order valence-corrected chi connectivity index (χ0v) is 21.9. The van der Waals surface area contributed by atoms with Crippen LogP contribution in [-0.2, 0) is 6.54 Å². The lowest BCUT2D eigenvalue weighted by Crippen LogP contribution is -2.42. The smallest absolute Gasteiger partial charge is 0.119 e. The maximum Gasteiger partial charge on any atom is 0.119 e.